The fourth-order valence-electron chi connectivity index (χ4n) is 2.02. The molecule has 0 spiro atoms. The summed E-state index contributed by atoms with van der Waals surface area (Å²) in [6, 6.07) is 4.51. The topological polar surface area (TPSA) is 55.1 Å². The quantitative estimate of drug-likeness (QED) is 0.944. The number of benzene rings is 1. The van der Waals surface area contributed by atoms with E-state index in [9.17, 15) is 9.18 Å². The van der Waals surface area contributed by atoms with E-state index in [1.54, 1.807) is 13.0 Å². The largest absolute Gasteiger partial charge is 0.360 e. The van der Waals surface area contributed by atoms with Crippen LogP contribution in [-0.2, 0) is 0 Å². The third kappa shape index (κ3) is 2.29. The molecule has 1 aromatic heterocycles. The second kappa shape index (κ2) is 4.90. The number of nitrogens with one attached hydrogen (secondary N) is 1. The highest BCUT2D eigenvalue weighted by Gasteiger charge is 2.29. The summed E-state index contributed by atoms with van der Waals surface area (Å²) in [6.07, 6.45) is 1.93. The lowest BCUT2D eigenvalue weighted by atomic mass is 10.0. The lowest BCUT2D eigenvalue weighted by Crippen LogP contribution is -2.26. The van der Waals surface area contributed by atoms with Gasteiger partial charge in [-0.15, -0.1) is 0 Å². The molecule has 1 heterocycles. The summed E-state index contributed by atoms with van der Waals surface area (Å²) < 4.78 is 19.0. The Morgan fingerprint density at radius 2 is 2.25 bits per heavy atom. The zero-order valence-corrected chi connectivity index (χ0v) is 11.5. The second-order valence-corrected chi connectivity index (χ2v) is 5.21. The van der Waals surface area contributed by atoms with Gasteiger partial charge in [0, 0.05) is 6.04 Å². The van der Waals surface area contributed by atoms with E-state index in [1.165, 1.54) is 12.1 Å². The lowest BCUT2D eigenvalue weighted by Gasteiger charge is -2.06. The van der Waals surface area contributed by atoms with Crippen LogP contribution >= 0.6 is 11.6 Å². The number of aromatic nitrogens is 1. The first kappa shape index (κ1) is 13.1. The Labute approximate surface area is 119 Å². The Bertz CT molecular complexity index is 660. The summed E-state index contributed by atoms with van der Waals surface area (Å²) in [5.74, 6) is -0.496. The molecular weight excluding hydrogens is 283 g/mol. The average molecular weight is 295 g/mol. The monoisotopic (exact) mass is 294 g/mol. The van der Waals surface area contributed by atoms with Gasteiger partial charge in [0.2, 0.25) is 0 Å². The smallest absolute Gasteiger partial charge is 0.257 e. The maximum absolute atomic E-state index is 14.0. The number of carbonyl (C=O) groups is 1. The number of halogens is 2. The SMILES string of the molecule is Cc1onc(-c2c(F)cccc2Cl)c1C(=O)NC1CC1. The number of hydrogen-bond acceptors (Lipinski definition) is 3. The Morgan fingerprint density at radius 3 is 2.90 bits per heavy atom. The summed E-state index contributed by atoms with van der Waals surface area (Å²) in [6.45, 7) is 1.62. The Kier molecular flexibility index (Phi) is 3.22. The Hall–Kier alpha value is -1.88. The highest BCUT2D eigenvalue weighted by atomic mass is 35.5. The maximum Gasteiger partial charge on any atom is 0.257 e. The van der Waals surface area contributed by atoms with Crippen molar-refractivity contribution in [3.8, 4) is 11.3 Å². The minimum Gasteiger partial charge on any atom is -0.360 e. The first-order chi connectivity index (χ1) is 9.58. The first-order valence-corrected chi connectivity index (χ1v) is 6.67. The fraction of sp³-hybridized carbons (Fsp3) is 0.286. The molecule has 1 aliphatic rings. The van der Waals surface area contributed by atoms with Crippen LogP contribution in [0.15, 0.2) is 22.7 Å². The summed E-state index contributed by atoms with van der Waals surface area (Å²) in [5.41, 5.74) is 0.472. The van der Waals surface area contributed by atoms with Crippen molar-refractivity contribution in [3.63, 3.8) is 0 Å². The van der Waals surface area contributed by atoms with Crippen molar-refractivity contribution >= 4 is 17.5 Å². The Morgan fingerprint density at radius 1 is 1.50 bits per heavy atom. The molecular formula is C14H12ClFN2O2. The van der Waals surface area contributed by atoms with E-state index in [-0.39, 0.29) is 33.8 Å². The molecule has 1 saturated carbocycles. The standard InChI is InChI=1S/C14H12ClFN2O2/c1-7-11(14(19)17-8-5-6-8)13(18-20-7)12-9(15)3-2-4-10(12)16/h2-4,8H,5-6H2,1H3,(H,17,19). The zero-order chi connectivity index (χ0) is 14.3. The van der Waals surface area contributed by atoms with E-state index in [2.05, 4.69) is 10.5 Å². The molecule has 1 N–H and O–H groups in total. The molecule has 20 heavy (non-hydrogen) atoms. The molecule has 1 aromatic carbocycles. The lowest BCUT2D eigenvalue weighted by molar-refractivity contribution is 0.0950. The van der Waals surface area contributed by atoms with E-state index < -0.39 is 5.82 Å². The van der Waals surface area contributed by atoms with Crippen molar-refractivity contribution in [1.29, 1.82) is 0 Å². The number of carbonyl (C=O) groups excluding carboxylic acids is 1. The molecule has 0 atom stereocenters. The maximum atomic E-state index is 14.0. The van der Waals surface area contributed by atoms with Gasteiger partial charge < -0.3 is 9.84 Å². The van der Waals surface area contributed by atoms with Crippen molar-refractivity contribution in [1.82, 2.24) is 10.5 Å². The van der Waals surface area contributed by atoms with Gasteiger partial charge in [0.1, 0.15) is 22.8 Å². The number of rotatable bonds is 3. The molecule has 1 fully saturated rings. The van der Waals surface area contributed by atoms with Crippen LogP contribution in [0.25, 0.3) is 11.3 Å². The summed E-state index contributed by atoms with van der Waals surface area (Å²) in [7, 11) is 0. The highest BCUT2D eigenvalue weighted by Crippen LogP contribution is 2.33. The molecule has 0 unspecified atom stereocenters. The van der Waals surface area contributed by atoms with Gasteiger partial charge in [-0.05, 0) is 31.9 Å². The van der Waals surface area contributed by atoms with Crippen LogP contribution in [0.3, 0.4) is 0 Å². The van der Waals surface area contributed by atoms with Crippen LogP contribution < -0.4 is 5.32 Å². The van der Waals surface area contributed by atoms with Crippen LogP contribution in [0.5, 0.6) is 0 Å². The summed E-state index contributed by atoms with van der Waals surface area (Å²) in [5, 5.41) is 6.83. The van der Waals surface area contributed by atoms with Gasteiger partial charge in [-0.1, -0.05) is 22.8 Å². The van der Waals surface area contributed by atoms with Gasteiger partial charge in [-0.25, -0.2) is 4.39 Å². The number of hydrogen-bond donors (Lipinski definition) is 1. The van der Waals surface area contributed by atoms with Crippen molar-refractivity contribution < 1.29 is 13.7 Å². The molecule has 1 aliphatic carbocycles. The van der Waals surface area contributed by atoms with Crippen LogP contribution in [0.1, 0.15) is 29.0 Å². The van der Waals surface area contributed by atoms with Crippen LogP contribution in [0, 0.1) is 12.7 Å². The molecule has 3 rings (SSSR count). The molecule has 0 aliphatic heterocycles. The van der Waals surface area contributed by atoms with Crippen molar-refractivity contribution in [2.75, 3.05) is 0 Å². The van der Waals surface area contributed by atoms with Crippen LogP contribution in [0.4, 0.5) is 4.39 Å². The van der Waals surface area contributed by atoms with Gasteiger partial charge in [-0.2, -0.15) is 0 Å². The number of aryl methyl sites for hydroxylation is 1. The minimum absolute atomic E-state index is 0.0898. The number of nitrogens with zero attached hydrogens (tertiary/aromatic N) is 1. The van der Waals surface area contributed by atoms with Crippen molar-refractivity contribution in [2.24, 2.45) is 0 Å². The minimum atomic E-state index is -0.536. The third-order valence-corrected chi connectivity index (χ3v) is 3.52. The van der Waals surface area contributed by atoms with E-state index in [0.717, 1.165) is 12.8 Å². The predicted octanol–water partition coefficient (Wildman–Crippen LogP) is 3.33. The van der Waals surface area contributed by atoms with Crippen LogP contribution in [-0.4, -0.2) is 17.1 Å². The third-order valence-electron chi connectivity index (χ3n) is 3.20. The molecule has 1 amide bonds. The first-order valence-electron chi connectivity index (χ1n) is 6.29. The van der Waals surface area contributed by atoms with Gasteiger partial charge in [0.15, 0.2) is 0 Å². The molecule has 0 radical (unpaired) electrons. The van der Waals surface area contributed by atoms with E-state index in [1.807, 2.05) is 0 Å². The second-order valence-electron chi connectivity index (χ2n) is 4.81. The summed E-state index contributed by atoms with van der Waals surface area (Å²) in [4.78, 5) is 12.2. The van der Waals surface area contributed by atoms with Crippen molar-refractivity contribution in [2.45, 2.75) is 25.8 Å². The molecule has 0 bridgehead atoms. The van der Waals surface area contributed by atoms with Gasteiger partial charge in [0.05, 0.1) is 10.6 Å². The van der Waals surface area contributed by atoms with Gasteiger partial charge >= 0.3 is 0 Å². The highest BCUT2D eigenvalue weighted by molar-refractivity contribution is 6.33. The Balaban J connectivity index is 2.08. The molecule has 104 valence electrons. The van der Waals surface area contributed by atoms with E-state index in [4.69, 9.17) is 16.1 Å². The zero-order valence-electron chi connectivity index (χ0n) is 10.7. The van der Waals surface area contributed by atoms with E-state index in [0.29, 0.717) is 5.76 Å². The van der Waals surface area contributed by atoms with Crippen molar-refractivity contribution in [3.05, 3.63) is 40.4 Å². The fourth-order valence-corrected chi connectivity index (χ4v) is 2.27. The molecule has 6 heteroatoms. The summed E-state index contributed by atoms with van der Waals surface area (Å²) >= 11 is 6.01. The van der Waals surface area contributed by atoms with Crippen LogP contribution in [0.2, 0.25) is 5.02 Å². The molecule has 2 aromatic rings. The van der Waals surface area contributed by atoms with Gasteiger partial charge in [-0.3, -0.25) is 4.79 Å². The molecule has 4 nitrogen and oxygen atoms in total. The predicted molar refractivity (Wildman–Crippen MR) is 72.1 cm³/mol. The average Bonchev–Trinajstić information content (AvgIpc) is 3.11. The normalized spacial score (nSPS) is 14.3. The number of amides is 1. The molecule has 0 saturated heterocycles. The van der Waals surface area contributed by atoms with E-state index >= 15 is 0 Å². The van der Waals surface area contributed by atoms with Gasteiger partial charge in [0.25, 0.3) is 5.91 Å².